The molecular formula is C83H114N8S2. The molecule has 1 aliphatic carbocycles. The molecule has 10 aromatic heterocycles. The fraction of sp³-hybridized carbons (Fsp3) is 0.361. The first kappa shape index (κ1) is 83.0. The lowest BCUT2D eigenvalue weighted by atomic mass is 9.98. The van der Waals surface area contributed by atoms with Crippen LogP contribution in [0.4, 0.5) is 0 Å². The van der Waals surface area contributed by atoms with E-state index < -0.39 is 0 Å². The van der Waals surface area contributed by atoms with Crippen molar-refractivity contribution < 1.29 is 0 Å². The second kappa shape index (κ2) is 43.0. The van der Waals surface area contributed by atoms with Gasteiger partial charge in [-0.25, -0.2) is 9.50 Å². The first-order valence-electron chi connectivity index (χ1n) is 31.3. The smallest absolute Gasteiger partial charge is 0.123 e. The maximum Gasteiger partial charge on any atom is 0.123 e. The van der Waals surface area contributed by atoms with Gasteiger partial charge in [0, 0.05) is 78.0 Å². The van der Waals surface area contributed by atoms with Gasteiger partial charge in [-0.2, -0.15) is 5.10 Å². The molecule has 12 aromatic rings. The number of thiophene rings is 2. The van der Waals surface area contributed by atoms with Crippen LogP contribution in [-0.4, -0.2) is 39.5 Å². The Labute approximate surface area is 571 Å². The molecule has 0 radical (unpaired) electrons. The van der Waals surface area contributed by atoms with Crippen molar-refractivity contribution in [1.82, 2.24) is 39.5 Å². The van der Waals surface area contributed by atoms with Crippen LogP contribution >= 0.6 is 22.7 Å². The van der Waals surface area contributed by atoms with Crippen LogP contribution in [0.2, 0.25) is 0 Å². The summed E-state index contributed by atoms with van der Waals surface area (Å²) in [7, 11) is 0. The number of benzene rings is 2. The Bertz CT molecular complexity index is 3740. The van der Waals surface area contributed by atoms with Crippen LogP contribution in [0.15, 0.2) is 212 Å². The topological polar surface area (TPSA) is 94.6 Å². The number of para-hydroxylation sites is 1. The Morgan fingerprint density at radius 2 is 0.925 bits per heavy atom. The number of hydrogen-bond donors (Lipinski definition) is 0. The minimum atomic E-state index is 0. The number of fused-ring (bicyclic) bond motifs is 5. The molecule has 10 heteroatoms. The summed E-state index contributed by atoms with van der Waals surface area (Å²) in [5, 5.41) is 11.1. The molecule has 0 aliphatic heterocycles. The predicted molar refractivity (Wildman–Crippen MR) is 414 cm³/mol. The van der Waals surface area contributed by atoms with Crippen molar-refractivity contribution in [3.05, 3.63) is 268 Å². The van der Waals surface area contributed by atoms with Gasteiger partial charge in [-0.15, -0.1) is 22.7 Å². The molecule has 0 unspecified atom stereocenters. The third-order valence-electron chi connectivity index (χ3n) is 14.8. The van der Waals surface area contributed by atoms with E-state index in [1.54, 1.807) is 28.9 Å². The van der Waals surface area contributed by atoms with Gasteiger partial charge in [0.1, 0.15) is 4.83 Å². The third kappa shape index (κ3) is 25.4. The molecule has 93 heavy (non-hydrogen) atoms. The van der Waals surface area contributed by atoms with E-state index in [2.05, 4.69) is 260 Å². The average Bonchev–Trinajstić information content (AvgIpc) is 2.05. The van der Waals surface area contributed by atoms with E-state index in [0.717, 1.165) is 28.0 Å². The fourth-order valence-electron chi connectivity index (χ4n) is 9.72. The molecule has 0 saturated carbocycles. The maximum atomic E-state index is 4.34. The SMILES string of the molecule is C.C.C.C.C.CC(C)c1ccccc1.CC(C)c1ccccn1.CC(C)c1cccnc1.CC(C)c1ccnc2c1C=CC2.CC(C)c1ccnc2ccccc12.CC(C)c1ccnc2ccsc12.CC(C)c1ccnc2sccc12.CC(C)c1cnn2ccccc12. The van der Waals surface area contributed by atoms with Crippen LogP contribution in [0.3, 0.4) is 0 Å². The van der Waals surface area contributed by atoms with E-state index in [9.17, 15) is 0 Å². The minimum absolute atomic E-state index is 0. The Balaban J connectivity index is 0.000000529. The highest BCUT2D eigenvalue weighted by molar-refractivity contribution is 7.17. The molecule has 0 spiro atoms. The molecule has 0 saturated heterocycles. The molecule has 0 atom stereocenters. The van der Waals surface area contributed by atoms with Gasteiger partial charge in [0.05, 0.1) is 33.1 Å². The maximum absolute atomic E-state index is 4.34. The quantitative estimate of drug-likeness (QED) is 0.150. The zero-order valence-electron chi connectivity index (χ0n) is 55.0. The van der Waals surface area contributed by atoms with Crippen LogP contribution in [0.1, 0.15) is 251 Å². The monoisotopic (exact) mass is 1290 g/mol. The molecule has 0 bridgehead atoms. The minimum Gasteiger partial charge on any atom is -0.264 e. The molecule has 0 fully saturated rings. The van der Waals surface area contributed by atoms with E-state index >= 15 is 0 Å². The van der Waals surface area contributed by atoms with Crippen molar-refractivity contribution in [2.45, 2.75) is 202 Å². The van der Waals surface area contributed by atoms with Crippen molar-refractivity contribution in [3.8, 4) is 0 Å². The van der Waals surface area contributed by atoms with E-state index in [-0.39, 0.29) is 37.1 Å². The van der Waals surface area contributed by atoms with Crippen LogP contribution in [0, 0.1) is 0 Å². The number of allylic oxidation sites excluding steroid dienone is 1. The highest BCUT2D eigenvalue weighted by Crippen LogP contribution is 2.30. The molecule has 13 rings (SSSR count). The normalized spacial score (nSPS) is 10.6. The summed E-state index contributed by atoms with van der Waals surface area (Å²) in [6, 6.07) is 47.7. The number of pyridine rings is 7. The van der Waals surface area contributed by atoms with Crippen molar-refractivity contribution in [2.75, 3.05) is 0 Å². The van der Waals surface area contributed by atoms with E-state index in [4.69, 9.17) is 0 Å². The molecular weight excluding hydrogens is 1170 g/mol. The van der Waals surface area contributed by atoms with Crippen LogP contribution in [-0.2, 0) is 6.42 Å². The molecule has 498 valence electrons. The second-order valence-corrected chi connectivity index (χ2v) is 26.0. The lowest BCUT2D eigenvalue weighted by molar-refractivity contribution is 0.823. The third-order valence-corrected chi connectivity index (χ3v) is 16.6. The highest BCUT2D eigenvalue weighted by Gasteiger charge is 2.13. The molecule has 8 nitrogen and oxygen atoms in total. The van der Waals surface area contributed by atoms with Crippen molar-refractivity contribution >= 4 is 65.6 Å². The van der Waals surface area contributed by atoms with Gasteiger partial charge in [-0.05, 0) is 170 Å². The first-order chi connectivity index (χ1) is 42.4. The highest BCUT2D eigenvalue weighted by atomic mass is 32.1. The van der Waals surface area contributed by atoms with Gasteiger partial charge >= 0.3 is 0 Å². The lowest BCUT2D eigenvalue weighted by Gasteiger charge is -2.09. The van der Waals surface area contributed by atoms with Gasteiger partial charge < -0.3 is 0 Å². The molecule has 1 aliphatic rings. The number of rotatable bonds is 8. The molecule has 0 amide bonds. The number of hydrogen-bond acceptors (Lipinski definition) is 9. The summed E-state index contributed by atoms with van der Waals surface area (Å²) in [5.41, 5.74) is 16.8. The average molecular weight is 1290 g/mol. The predicted octanol–water partition coefficient (Wildman–Crippen LogP) is 25.8. The Kier molecular flexibility index (Phi) is 38.3. The number of aromatic nitrogens is 8. The van der Waals surface area contributed by atoms with Gasteiger partial charge in [0.15, 0.2) is 0 Å². The molecule has 2 aromatic carbocycles. The van der Waals surface area contributed by atoms with Gasteiger partial charge in [-0.3, -0.25) is 24.9 Å². The second-order valence-electron chi connectivity index (χ2n) is 24.2. The molecule has 0 N–H and O–H groups in total. The lowest BCUT2D eigenvalue weighted by Crippen LogP contribution is -1.95. The van der Waals surface area contributed by atoms with Crippen molar-refractivity contribution in [3.63, 3.8) is 0 Å². The zero-order chi connectivity index (χ0) is 63.5. The summed E-state index contributed by atoms with van der Waals surface area (Å²) in [4.78, 5) is 26.6. The molecule has 10 heterocycles. The summed E-state index contributed by atoms with van der Waals surface area (Å²) >= 11 is 3.49. The largest absolute Gasteiger partial charge is 0.264 e. The van der Waals surface area contributed by atoms with Gasteiger partial charge in [0.2, 0.25) is 0 Å². The summed E-state index contributed by atoms with van der Waals surface area (Å²) < 4.78 is 3.25. The summed E-state index contributed by atoms with van der Waals surface area (Å²) in [6.45, 7) is 35.1. The van der Waals surface area contributed by atoms with Crippen LogP contribution in [0.25, 0.3) is 42.9 Å². The standard InChI is InChI=1S/C12H13N.C11H13N.C10H12N2.2C10H11NS.C9H12.2C8H11N.5CH4/c1-9(2)10-7-8-13-12-6-4-3-5-11(10)12;1-8(2)9-6-7-12-11-5-3-4-10(9)11;1-8(2)9-7-11-12-6-4-3-5-10(9)12;1-7(2)8-3-5-11-9-4-6-12-10(8)9;1-7(2)8-3-5-11-10-9(8)4-6-12-10;1-8(2)9-6-4-3-5-7-9;1-7(2)8-4-3-5-9-6-8;1-7(2)8-5-3-4-6-9-8;;;;;/h3-9H,1-2H3;3-4,6-8H,5H2,1-2H3;3-8H,1-2H3;2*3-7H,1-2H3;3-8H,1-2H3;2*3-7H,1-2H3;5*1H4. The van der Waals surface area contributed by atoms with Crippen molar-refractivity contribution in [2.24, 2.45) is 0 Å². The Morgan fingerprint density at radius 3 is 1.49 bits per heavy atom. The zero-order valence-corrected chi connectivity index (χ0v) is 56.6. The Morgan fingerprint density at radius 1 is 0.376 bits per heavy atom. The van der Waals surface area contributed by atoms with Crippen molar-refractivity contribution in [1.29, 1.82) is 0 Å². The fourth-order valence-corrected chi connectivity index (χ4v) is 11.5. The van der Waals surface area contributed by atoms with Crippen LogP contribution < -0.4 is 0 Å². The van der Waals surface area contributed by atoms with E-state index in [1.165, 1.54) is 71.2 Å². The van der Waals surface area contributed by atoms with Crippen LogP contribution in [0.5, 0.6) is 0 Å². The van der Waals surface area contributed by atoms with Gasteiger partial charge in [-0.1, -0.05) is 227 Å². The van der Waals surface area contributed by atoms with E-state index in [1.807, 2.05) is 103 Å². The van der Waals surface area contributed by atoms with Gasteiger partial charge in [0.25, 0.3) is 0 Å². The van der Waals surface area contributed by atoms with E-state index in [0.29, 0.717) is 47.3 Å². The Hall–Kier alpha value is -8.05. The summed E-state index contributed by atoms with van der Waals surface area (Å²) in [6.07, 6.45) is 22.4. The summed E-state index contributed by atoms with van der Waals surface area (Å²) in [5.74, 6) is 4.69. The first-order valence-corrected chi connectivity index (χ1v) is 33.0. The number of nitrogens with zero attached hydrogens (tertiary/aromatic N) is 8.